The highest BCUT2D eigenvalue weighted by molar-refractivity contribution is 5.89. The van der Waals surface area contributed by atoms with E-state index < -0.39 is 0 Å². The molecule has 0 atom stereocenters. The highest BCUT2D eigenvalue weighted by Gasteiger charge is 2.03. The molecular weight excluding hydrogens is 316 g/mol. The van der Waals surface area contributed by atoms with Crippen molar-refractivity contribution < 1.29 is 14.3 Å². The molecule has 134 valence electrons. The SMILES string of the molecule is Cc1cccc(OCCNC(=O)Nc2cccc(COC(C)C)c2)c1. The Morgan fingerprint density at radius 2 is 1.92 bits per heavy atom. The predicted octanol–water partition coefficient (Wildman–Crippen LogP) is 4.12. The first-order valence-corrected chi connectivity index (χ1v) is 8.48. The van der Waals surface area contributed by atoms with Crippen LogP contribution in [0.1, 0.15) is 25.0 Å². The van der Waals surface area contributed by atoms with E-state index in [0.29, 0.717) is 19.8 Å². The number of urea groups is 1. The summed E-state index contributed by atoms with van der Waals surface area (Å²) in [6, 6.07) is 15.2. The van der Waals surface area contributed by atoms with Crippen LogP contribution in [0.5, 0.6) is 5.75 Å². The van der Waals surface area contributed by atoms with Crippen LogP contribution >= 0.6 is 0 Å². The quantitative estimate of drug-likeness (QED) is 0.710. The molecule has 0 bridgehead atoms. The zero-order valence-corrected chi connectivity index (χ0v) is 15.0. The Bertz CT molecular complexity index is 686. The number of benzene rings is 2. The Hall–Kier alpha value is -2.53. The molecule has 0 unspecified atom stereocenters. The second kappa shape index (κ2) is 9.69. The minimum atomic E-state index is -0.255. The summed E-state index contributed by atoms with van der Waals surface area (Å²) in [6.45, 7) is 7.37. The molecule has 0 saturated carbocycles. The van der Waals surface area contributed by atoms with E-state index in [9.17, 15) is 4.79 Å². The van der Waals surface area contributed by atoms with Crippen LogP contribution < -0.4 is 15.4 Å². The number of amides is 2. The largest absolute Gasteiger partial charge is 0.492 e. The van der Waals surface area contributed by atoms with E-state index in [2.05, 4.69) is 10.6 Å². The molecule has 5 nitrogen and oxygen atoms in total. The van der Waals surface area contributed by atoms with Gasteiger partial charge in [-0.05, 0) is 56.2 Å². The predicted molar refractivity (Wildman–Crippen MR) is 100 cm³/mol. The molecule has 25 heavy (non-hydrogen) atoms. The summed E-state index contributed by atoms with van der Waals surface area (Å²) in [6.07, 6.45) is 0.174. The smallest absolute Gasteiger partial charge is 0.319 e. The van der Waals surface area contributed by atoms with E-state index in [1.54, 1.807) is 0 Å². The summed E-state index contributed by atoms with van der Waals surface area (Å²) < 4.78 is 11.2. The van der Waals surface area contributed by atoms with Crippen molar-refractivity contribution in [2.24, 2.45) is 0 Å². The van der Waals surface area contributed by atoms with Gasteiger partial charge in [0.15, 0.2) is 0 Å². The van der Waals surface area contributed by atoms with Gasteiger partial charge in [0.2, 0.25) is 0 Å². The molecule has 0 fully saturated rings. The third kappa shape index (κ3) is 7.27. The summed E-state index contributed by atoms with van der Waals surface area (Å²) in [5.41, 5.74) is 2.90. The first kappa shape index (κ1) is 18.8. The number of rotatable bonds is 8. The minimum Gasteiger partial charge on any atom is -0.492 e. The van der Waals surface area contributed by atoms with Crippen LogP contribution in [0.4, 0.5) is 10.5 Å². The van der Waals surface area contributed by atoms with E-state index in [4.69, 9.17) is 9.47 Å². The topological polar surface area (TPSA) is 59.6 Å². The van der Waals surface area contributed by atoms with Gasteiger partial charge in [-0.2, -0.15) is 0 Å². The van der Waals surface area contributed by atoms with Crippen molar-refractivity contribution >= 4 is 11.7 Å². The number of hydrogen-bond acceptors (Lipinski definition) is 3. The maximum absolute atomic E-state index is 11.9. The summed E-state index contributed by atoms with van der Waals surface area (Å²) in [5, 5.41) is 5.60. The Balaban J connectivity index is 1.72. The standard InChI is InChI=1S/C20H26N2O3/c1-15(2)25-14-17-7-5-8-18(13-17)22-20(23)21-10-11-24-19-9-4-6-16(3)12-19/h4-9,12-13,15H,10-11,14H2,1-3H3,(H2,21,22,23). The Kier molecular flexibility index (Phi) is 7.29. The second-order valence-electron chi connectivity index (χ2n) is 6.11. The van der Waals surface area contributed by atoms with Crippen molar-refractivity contribution in [3.05, 3.63) is 59.7 Å². The lowest BCUT2D eigenvalue weighted by Crippen LogP contribution is -2.32. The van der Waals surface area contributed by atoms with Gasteiger partial charge in [0.25, 0.3) is 0 Å². The molecule has 0 aliphatic carbocycles. The molecule has 2 aromatic rings. The summed E-state index contributed by atoms with van der Waals surface area (Å²) in [5.74, 6) is 0.806. The van der Waals surface area contributed by atoms with Gasteiger partial charge in [0.1, 0.15) is 12.4 Å². The molecule has 0 radical (unpaired) electrons. The number of carbonyl (C=O) groups is 1. The van der Waals surface area contributed by atoms with E-state index in [0.717, 1.165) is 22.6 Å². The van der Waals surface area contributed by atoms with Crippen LogP contribution in [0.25, 0.3) is 0 Å². The molecule has 2 N–H and O–H groups in total. The molecular formula is C20H26N2O3. The second-order valence-corrected chi connectivity index (χ2v) is 6.11. The molecule has 0 spiro atoms. The van der Waals surface area contributed by atoms with Crippen molar-refractivity contribution in [2.75, 3.05) is 18.5 Å². The van der Waals surface area contributed by atoms with Gasteiger partial charge in [-0.1, -0.05) is 24.3 Å². The summed E-state index contributed by atoms with van der Waals surface area (Å²) in [4.78, 5) is 11.9. The Morgan fingerprint density at radius 3 is 2.68 bits per heavy atom. The van der Waals surface area contributed by atoms with E-state index in [1.165, 1.54) is 0 Å². The van der Waals surface area contributed by atoms with Gasteiger partial charge in [0.05, 0.1) is 19.3 Å². The zero-order chi connectivity index (χ0) is 18.1. The number of ether oxygens (including phenoxy) is 2. The van der Waals surface area contributed by atoms with Gasteiger partial charge in [-0.25, -0.2) is 4.79 Å². The fraction of sp³-hybridized carbons (Fsp3) is 0.350. The monoisotopic (exact) mass is 342 g/mol. The lowest BCUT2D eigenvalue weighted by atomic mass is 10.2. The molecule has 0 aromatic heterocycles. The van der Waals surface area contributed by atoms with Crippen LogP contribution in [-0.4, -0.2) is 25.3 Å². The molecule has 0 aliphatic heterocycles. The highest BCUT2D eigenvalue weighted by atomic mass is 16.5. The number of carbonyl (C=O) groups excluding carboxylic acids is 1. The van der Waals surface area contributed by atoms with Crippen molar-refractivity contribution in [3.63, 3.8) is 0 Å². The Labute approximate surface area is 149 Å². The maximum Gasteiger partial charge on any atom is 0.319 e. The van der Waals surface area contributed by atoms with E-state index in [-0.39, 0.29) is 12.1 Å². The first-order chi connectivity index (χ1) is 12.0. The van der Waals surface area contributed by atoms with Gasteiger partial charge in [-0.15, -0.1) is 0 Å². The van der Waals surface area contributed by atoms with E-state index in [1.807, 2.05) is 69.3 Å². The van der Waals surface area contributed by atoms with Crippen LogP contribution in [0.15, 0.2) is 48.5 Å². The van der Waals surface area contributed by atoms with Crippen molar-refractivity contribution in [1.82, 2.24) is 5.32 Å². The van der Waals surface area contributed by atoms with Crippen molar-refractivity contribution in [3.8, 4) is 5.75 Å². The van der Waals surface area contributed by atoms with Crippen LogP contribution in [0, 0.1) is 6.92 Å². The first-order valence-electron chi connectivity index (χ1n) is 8.48. The molecule has 0 heterocycles. The third-order valence-corrected chi connectivity index (χ3v) is 3.41. The van der Waals surface area contributed by atoms with Gasteiger partial charge in [0, 0.05) is 5.69 Å². The van der Waals surface area contributed by atoms with Crippen molar-refractivity contribution in [2.45, 2.75) is 33.5 Å². The normalized spacial score (nSPS) is 10.6. The molecule has 2 rings (SSSR count). The zero-order valence-electron chi connectivity index (χ0n) is 15.0. The maximum atomic E-state index is 11.9. The van der Waals surface area contributed by atoms with Crippen LogP contribution in [0.2, 0.25) is 0 Å². The molecule has 0 saturated heterocycles. The van der Waals surface area contributed by atoms with Crippen LogP contribution in [0.3, 0.4) is 0 Å². The fourth-order valence-electron chi connectivity index (χ4n) is 2.22. The average molecular weight is 342 g/mol. The van der Waals surface area contributed by atoms with E-state index >= 15 is 0 Å². The van der Waals surface area contributed by atoms with Crippen molar-refractivity contribution in [1.29, 1.82) is 0 Å². The lowest BCUT2D eigenvalue weighted by molar-refractivity contribution is 0.0657. The van der Waals surface area contributed by atoms with Crippen LogP contribution in [-0.2, 0) is 11.3 Å². The minimum absolute atomic E-state index is 0.174. The third-order valence-electron chi connectivity index (χ3n) is 3.41. The summed E-state index contributed by atoms with van der Waals surface area (Å²) in [7, 11) is 0. The van der Waals surface area contributed by atoms with Gasteiger partial charge in [-0.3, -0.25) is 0 Å². The fourth-order valence-corrected chi connectivity index (χ4v) is 2.22. The number of aryl methyl sites for hydroxylation is 1. The number of hydrogen-bond donors (Lipinski definition) is 2. The molecule has 2 aromatic carbocycles. The Morgan fingerprint density at radius 1 is 1.12 bits per heavy atom. The molecule has 2 amide bonds. The lowest BCUT2D eigenvalue weighted by Gasteiger charge is -2.11. The van der Waals surface area contributed by atoms with Gasteiger partial charge < -0.3 is 20.1 Å². The molecule has 5 heteroatoms. The molecule has 0 aliphatic rings. The summed E-state index contributed by atoms with van der Waals surface area (Å²) >= 11 is 0. The highest BCUT2D eigenvalue weighted by Crippen LogP contribution is 2.13. The van der Waals surface area contributed by atoms with Gasteiger partial charge >= 0.3 is 6.03 Å². The average Bonchev–Trinajstić information content (AvgIpc) is 2.57. The number of anilines is 1. The number of nitrogens with one attached hydrogen (secondary N) is 2.